The summed E-state index contributed by atoms with van der Waals surface area (Å²) in [5.41, 5.74) is -1.68. The van der Waals surface area contributed by atoms with Crippen molar-refractivity contribution in [3.8, 4) is 11.4 Å². The molecule has 0 saturated heterocycles. The van der Waals surface area contributed by atoms with E-state index in [4.69, 9.17) is 21.1 Å². The van der Waals surface area contributed by atoms with Crippen molar-refractivity contribution >= 4 is 29.3 Å². The largest absolute Gasteiger partial charge is 0.477 e. The Morgan fingerprint density at radius 2 is 1.97 bits per heavy atom. The maximum absolute atomic E-state index is 14.4. The minimum atomic E-state index is -3.14. The molecule has 1 atom stereocenters. The van der Waals surface area contributed by atoms with Crippen LogP contribution in [0.4, 0.5) is 13.2 Å². The van der Waals surface area contributed by atoms with Gasteiger partial charge in [0, 0.05) is 6.07 Å². The fraction of sp³-hybridized carbons (Fsp3) is 0.526. The number of nitrogens with zero attached hydrogens (tertiary/aromatic N) is 3. The lowest BCUT2D eigenvalue weighted by Crippen LogP contribution is -2.27. The summed E-state index contributed by atoms with van der Waals surface area (Å²) in [4.78, 5) is 24.3. The molecule has 1 heterocycles. The van der Waals surface area contributed by atoms with E-state index in [-0.39, 0.29) is 27.8 Å². The van der Waals surface area contributed by atoms with E-state index in [1.165, 1.54) is 13.8 Å². The van der Waals surface area contributed by atoms with Crippen LogP contribution in [0.25, 0.3) is 5.69 Å². The monoisotopic (exact) mass is 481 g/mol. The van der Waals surface area contributed by atoms with Gasteiger partial charge in [0.15, 0.2) is 11.9 Å². The zero-order valence-corrected chi connectivity index (χ0v) is 19.0. The summed E-state index contributed by atoms with van der Waals surface area (Å²) in [5.74, 6) is -1.21. The number of alkyl halides is 2. The van der Waals surface area contributed by atoms with Crippen molar-refractivity contribution < 1.29 is 27.4 Å². The summed E-state index contributed by atoms with van der Waals surface area (Å²) in [6.07, 6.45) is -0.400. The molecule has 0 aliphatic carbocycles. The molecule has 0 aliphatic rings. The summed E-state index contributed by atoms with van der Waals surface area (Å²) in [6.45, 7) is 3.83. The van der Waals surface area contributed by atoms with Gasteiger partial charge in [-0.05, 0) is 37.3 Å². The average molecular weight is 482 g/mol. The van der Waals surface area contributed by atoms with Gasteiger partial charge in [0.05, 0.1) is 11.6 Å². The highest BCUT2D eigenvalue weighted by atomic mass is 35.5. The van der Waals surface area contributed by atoms with E-state index in [0.717, 1.165) is 17.9 Å². The first-order valence-electron chi connectivity index (χ1n) is 9.43. The van der Waals surface area contributed by atoms with Crippen LogP contribution in [-0.2, 0) is 9.53 Å². The quantitative estimate of drug-likeness (QED) is 0.370. The first-order valence-corrected chi connectivity index (χ1v) is 10.9. The Morgan fingerprint density at radius 1 is 1.29 bits per heavy atom. The molecule has 12 heteroatoms. The van der Waals surface area contributed by atoms with Crippen LogP contribution in [-0.4, -0.2) is 44.0 Å². The van der Waals surface area contributed by atoms with Crippen LogP contribution >= 0.6 is 23.4 Å². The number of hydrogen-bond acceptors (Lipinski definition) is 6. The summed E-state index contributed by atoms with van der Waals surface area (Å²) >= 11 is 7.73. The van der Waals surface area contributed by atoms with Gasteiger partial charge in [-0.3, -0.25) is 0 Å². The number of carbonyl (C=O) groups is 1. The second-order valence-electron chi connectivity index (χ2n) is 6.82. The third-order valence-corrected chi connectivity index (χ3v) is 5.51. The van der Waals surface area contributed by atoms with Crippen molar-refractivity contribution in [1.29, 1.82) is 0 Å². The molecule has 1 aromatic carbocycles. The SMILES string of the molecule is Cc1nn(-c2cc(OC(C)C(=O)OCCCSC(C)C)c(Cl)cc2F)c(=O)n1C(F)F. The molecular formula is C19H23ClF3N3O4S. The number of ether oxygens (including phenoxy) is 2. The van der Waals surface area contributed by atoms with Crippen LogP contribution in [0.5, 0.6) is 5.75 Å². The van der Waals surface area contributed by atoms with Gasteiger partial charge >= 0.3 is 18.2 Å². The summed E-state index contributed by atoms with van der Waals surface area (Å²) < 4.78 is 51.7. The minimum Gasteiger partial charge on any atom is -0.477 e. The first-order chi connectivity index (χ1) is 14.5. The zero-order chi connectivity index (χ0) is 23.3. The van der Waals surface area contributed by atoms with Gasteiger partial charge < -0.3 is 9.47 Å². The molecule has 0 N–H and O–H groups in total. The number of thioether (sulfide) groups is 1. The van der Waals surface area contributed by atoms with Gasteiger partial charge in [-0.25, -0.2) is 18.5 Å². The number of halogens is 4. The molecule has 31 heavy (non-hydrogen) atoms. The molecule has 0 saturated carbocycles. The van der Waals surface area contributed by atoms with Crippen molar-refractivity contribution in [3.63, 3.8) is 0 Å². The molecular weight excluding hydrogens is 459 g/mol. The lowest BCUT2D eigenvalue weighted by atomic mass is 10.2. The predicted molar refractivity (Wildman–Crippen MR) is 112 cm³/mol. The van der Waals surface area contributed by atoms with E-state index in [0.29, 0.717) is 16.4 Å². The molecule has 7 nitrogen and oxygen atoms in total. The van der Waals surface area contributed by atoms with Crippen molar-refractivity contribution in [2.45, 2.75) is 52.0 Å². The third-order valence-electron chi connectivity index (χ3n) is 4.03. The van der Waals surface area contributed by atoms with E-state index in [1.54, 1.807) is 11.8 Å². The second-order valence-corrected chi connectivity index (χ2v) is 8.92. The number of aromatic nitrogens is 3. The number of benzene rings is 1. The number of aryl methyl sites for hydroxylation is 1. The molecule has 0 aliphatic heterocycles. The van der Waals surface area contributed by atoms with E-state index in [9.17, 15) is 22.8 Å². The van der Waals surface area contributed by atoms with Crippen molar-refractivity contribution in [2.75, 3.05) is 12.4 Å². The summed E-state index contributed by atoms with van der Waals surface area (Å²) in [5, 5.41) is 3.98. The molecule has 172 valence electrons. The standard InChI is InChI=1S/C19H23ClF3N3O4S/c1-10(2)31-7-5-6-29-17(27)11(3)30-16-9-15(14(21)8-13(16)20)26-19(28)25(18(22)23)12(4)24-26/h8-11,18H,5-7H2,1-4H3. The van der Waals surface area contributed by atoms with Crippen LogP contribution in [0.3, 0.4) is 0 Å². The Labute approximate surface area is 186 Å². The van der Waals surface area contributed by atoms with Crippen LogP contribution in [0.2, 0.25) is 5.02 Å². The first kappa shape index (κ1) is 25.1. The molecule has 2 rings (SSSR count). The van der Waals surface area contributed by atoms with Crippen LogP contribution in [0, 0.1) is 12.7 Å². The number of rotatable bonds is 10. The molecule has 2 aromatic rings. The van der Waals surface area contributed by atoms with Crippen LogP contribution in [0.15, 0.2) is 16.9 Å². The second kappa shape index (κ2) is 10.9. The smallest absolute Gasteiger partial charge is 0.355 e. The number of esters is 1. The minimum absolute atomic E-state index is 0.117. The van der Waals surface area contributed by atoms with Gasteiger partial charge in [0.25, 0.3) is 0 Å². The van der Waals surface area contributed by atoms with E-state index in [1.807, 2.05) is 0 Å². The highest BCUT2D eigenvalue weighted by molar-refractivity contribution is 7.99. The molecule has 0 fully saturated rings. The zero-order valence-electron chi connectivity index (χ0n) is 17.4. The van der Waals surface area contributed by atoms with E-state index >= 15 is 0 Å². The fourth-order valence-electron chi connectivity index (χ4n) is 2.54. The van der Waals surface area contributed by atoms with Crippen molar-refractivity contribution in [3.05, 3.63) is 39.3 Å². The molecule has 0 radical (unpaired) electrons. The van der Waals surface area contributed by atoms with E-state index < -0.39 is 35.8 Å². The van der Waals surface area contributed by atoms with Gasteiger partial charge in [-0.15, -0.1) is 5.10 Å². The van der Waals surface area contributed by atoms with Crippen molar-refractivity contribution in [2.24, 2.45) is 0 Å². The van der Waals surface area contributed by atoms with Gasteiger partial charge in [0.2, 0.25) is 0 Å². The van der Waals surface area contributed by atoms with Gasteiger partial charge in [0.1, 0.15) is 17.3 Å². The highest BCUT2D eigenvalue weighted by Crippen LogP contribution is 2.30. The van der Waals surface area contributed by atoms with Crippen LogP contribution < -0.4 is 10.4 Å². The molecule has 0 bridgehead atoms. The Bertz CT molecular complexity index is 981. The Morgan fingerprint density at radius 3 is 2.55 bits per heavy atom. The average Bonchev–Trinajstić information content (AvgIpc) is 2.97. The predicted octanol–water partition coefficient (Wildman–Crippen LogP) is 4.37. The van der Waals surface area contributed by atoms with Crippen LogP contribution in [0.1, 0.15) is 39.6 Å². The topological polar surface area (TPSA) is 75.4 Å². The molecule has 0 amide bonds. The lowest BCUT2D eigenvalue weighted by molar-refractivity contribution is -0.151. The van der Waals surface area contributed by atoms with Crippen molar-refractivity contribution in [1.82, 2.24) is 14.3 Å². The highest BCUT2D eigenvalue weighted by Gasteiger charge is 2.23. The molecule has 0 spiro atoms. The number of carbonyl (C=O) groups excluding carboxylic acids is 1. The fourth-order valence-corrected chi connectivity index (χ4v) is 3.49. The molecule has 1 unspecified atom stereocenters. The molecule has 1 aromatic heterocycles. The normalized spacial score (nSPS) is 12.5. The Balaban J connectivity index is 2.16. The Hall–Kier alpha value is -2.14. The van der Waals surface area contributed by atoms with E-state index in [2.05, 4.69) is 18.9 Å². The summed E-state index contributed by atoms with van der Waals surface area (Å²) in [7, 11) is 0. The lowest BCUT2D eigenvalue weighted by Gasteiger charge is -2.16. The Kier molecular flexibility index (Phi) is 8.87. The van der Waals surface area contributed by atoms with Gasteiger partial charge in [-0.2, -0.15) is 25.2 Å². The number of hydrogen-bond donors (Lipinski definition) is 0. The van der Waals surface area contributed by atoms with Gasteiger partial charge in [-0.1, -0.05) is 25.4 Å². The summed E-state index contributed by atoms with van der Waals surface area (Å²) in [6, 6.07) is 1.86. The third kappa shape index (κ3) is 6.42. The maximum atomic E-state index is 14.4. The maximum Gasteiger partial charge on any atom is 0.355 e.